The van der Waals surface area contributed by atoms with E-state index in [0.29, 0.717) is 6.42 Å². The van der Waals surface area contributed by atoms with Gasteiger partial charge in [0.05, 0.1) is 0 Å². The van der Waals surface area contributed by atoms with Crippen molar-refractivity contribution in [1.82, 2.24) is 0 Å². The molecule has 2 N–H and O–H groups in total. The first-order valence-electron chi connectivity index (χ1n) is 6.10. The van der Waals surface area contributed by atoms with Gasteiger partial charge in [0.15, 0.2) is 6.10 Å². The summed E-state index contributed by atoms with van der Waals surface area (Å²) in [6.45, 7) is 4.01. The molecule has 0 bridgehead atoms. The number of benzene rings is 1. The van der Waals surface area contributed by atoms with Crippen LogP contribution in [0.15, 0.2) is 24.3 Å². The Morgan fingerprint density at radius 1 is 1.35 bits per heavy atom. The van der Waals surface area contributed by atoms with Crippen LogP contribution in [-0.2, 0) is 6.42 Å². The third-order valence-corrected chi connectivity index (χ3v) is 2.71. The molecule has 2 atom stereocenters. The first-order chi connectivity index (χ1) is 8.19. The molecule has 17 heavy (non-hydrogen) atoms. The van der Waals surface area contributed by atoms with Crippen molar-refractivity contribution in [3.63, 3.8) is 0 Å². The molecule has 0 fully saturated rings. The zero-order valence-corrected chi connectivity index (χ0v) is 10.5. The molecule has 0 amide bonds. The van der Waals surface area contributed by atoms with Gasteiger partial charge in [-0.1, -0.05) is 26.0 Å². The molecule has 92 valence electrons. The van der Waals surface area contributed by atoms with Crippen LogP contribution in [0.4, 0.5) is 0 Å². The van der Waals surface area contributed by atoms with Crippen LogP contribution < -0.4 is 10.5 Å². The van der Waals surface area contributed by atoms with E-state index >= 15 is 0 Å². The molecular formula is C14H20N2O. The summed E-state index contributed by atoms with van der Waals surface area (Å²) in [5.74, 6) is 0.749. The maximum atomic E-state index is 8.85. The monoisotopic (exact) mass is 232 g/mol. The molecule has 2 unspecified atom stereocenters. The fraction of sp³-hybridized carbons (Fsp3) is 0.500. The molecular weight excluding hydrogens is 212 g/mol. The SMILES string of the molecule is CCC(N)Cc1cccc(OC(C#N)CC)c1. The topological polar surface area (TPSA) is 59.0 Å². The summed E-state index contributed by atoms with van der Waals surface area (Å²) in [6, 6.07) is 10.1. The predicted molar refractivity (Wildman–Crippen MR) is 68.7 cm³/mol. The molecule has 0 aliphatic heterocycles. The van der Waals surface area contributed by atoms with Crippen LogP contribution in [0.3, 0.4) is 0 Å². The van der Waals surface area contributed by atoms with E-state index in [1.165, 1.54) is 0 Å². The second-order valence-corrected chi connectivity index (χ2v) is 4.16. The maximum absolute atomic E-state index is 8.85. The largest absolute Gasteiger partial charge is 0.476 e. The molecule has 0 radical (unpaired) electrons. The van der Waals surface area contributed by atoms with Gasteiger partial charge in [-0.05, 0) is 37.0 Å². The van der Waals surface area contributed by atoms with Crippen molar-refractivity contribution in [3.05, 3.63) is 29.8 Å². The Bertz CT molecular complexity index is 384. The highest BCUT2D eigenvalue weighted by molar-refractivity contribution is 5.29. The van der Waals surface area contributed by atoms with E-state index in [0.717, 1.165) is 24.2 Å². The molecule has 0 saturated heterocycles. The quantitative estimate of drug-likeness (QED) is 0.820. The number of ether oxygens (including phenoxy) is 1. The van der Waals surface area contributed by atoms with Gasteiger partial charge in [-0.25, -0.2) is 0 Å². The van der Waals surface area contributed by atoms with E-state index in [2.05, 4.69) is 13.0 Å². The van der Waals surface area contributed by atoms with E-state index in [1.54, 1.807) is 0 Å². The molecule has 0 spiro atoms. The first-order valence-corrected chi connectivity index (χ1v) is 6.10. The fourth-order valence-electron chi connectivity index (χ4n) is 1.56. The second-order valence-electron chi connectivity index (χ2n) is 4.16. The van der Waals surface area contributed by atoms with E-state index in [1.807, 2.05) is 31.2 Å². The second kappa shape index (κ2) is 6.93. The molecule has 1 aromatic carbocycles. The smallest absolute Gasteiger partial charge is 0.184 e. The van der Waals surface area contributed by atoms with Crippen molar-refractivity contribution in [2.45, 2.75) is 45.3 Å². The van der Waals surface area contributed by atoms with Crippen LogP contribution in [0, 0.1) is 11.3 Å². The summed E-state index contributed by atoms with van der Waals surface area (Å²) < 4.78 is 5.57. The van der Waals surface area contributed by atoms with Gasteiger partial charge in [0.1, 0.15) is 11.8 Å². The lowest BCUT2D eigenvalue weighted by atomic mass is 10.0. The van der Waals surface area contributed by atoms with Gasteiger partial charge in [-0.3, -0.25) is 0 Å². The average Bonchev–Trinajstić information content (AvgIpc) is 2.36. The van der Waals surface area contributed by atoms with Crippen molar-refractivity contribution >= 4 is 0 Å². The van der Waals surface area contributed by atoms with Gasteiger partial charge in [-0.2, -0.15) is 5.26 Å². The van der Waals surface area contributed by atoms with Crippen molar-refractivity contribution in [2.24, 2.45) is 5.73 Å². The fourth-order valence-corrected chi connectivity index (χ4v) is 1.56. The minimum atomic E-state index is -0.370. The summed E-state index contributed by atoms with van der Waals surface area (Å²) in [7, 11) is 0. The minimum Gasteiger partial charge on any atom is -0.476 e. The maximum Gasteiger partial charge on any atom is 0.184 e. The highest BCUT2D eigenvalue weighted by Crippen LogP contribution is 2.17. The molecule has 1 rings (SSSR count). The van der Waals surface area contributed by atoms with Gasteiger partial charge >= 0.3 is 0 Å². The number of nitriles is 1. The zero-order chi connectivity index (χ0) is 12.7. The Labute approximate surface area is 103 Å². The molecule has 3 heteroatoms. The Morgan fingerprint density at radius 2 is 2.12 bits per heavy atom. The lowest BCUT2D eigenvalue weighted by Gasteiger charge is -2.13. The highest BCUT2D eigenvalue weighted by atomic mass is 16.5. The van der Waals surface area contributed by atoms with Crippen LogP contribution in [0.25, 0.3) is 0 Å². The molecule has 0 aliphatic rings. The van der Waals surface area contributed by atoms with Gasteiger partial charge in [0.25, 0.3) is 0 Å². The molecule has 3 nitrogen and oxygen atoms in total. The molecule has 1 aromatic rings. The summed E-state index contributed by atoms with van der Waals surface area (Å²) >= 11 is 0. The molecule has 0 saturated carbocycles. The number of hydrogen-bond acceptors (Lipinski definition) is 3. The Kier molecular flexibility index (Phi) is 5.51. The lowest BCUT2D eigenvalue weighted by molar-refractivity contribution is 0.251. The van der Waals surface area contributed by atoms with Crippen molar-refractivity contribution in [2.75, 3.05) is 0 Å². The van der Waals surface area contributed by atoms with E-state index in [4.69, 9.17) is 15.7 Å². The summed E-state index contributed by atoms with van der Waals surface area (Å²) in [5, 5.41) is 8.85. The van der Waals surface area contributed by atoms with Gasteiger partial charge in [0, 0.05) is 6.04 Å². The van der Waals surface area contributed by atoms with Crippen molar-refractivity contribution < 1.29 is 4.74 Å². The molecule has 0 aromatic heterocycles. The van der Waals surface area contributed by atoms with E-state index in [-0.39, 0.29) is 12.1 Å². The summed E-state index contributed by atoms with van der Waals surface area (Å²) in [6.07, 6.45) is 2.12. The van der Waals surface area contributed by atoms with Gasteiger partial charge in [-0.15, -0.1) is 0 Å². The highest BCUT2D eigenvalue weighted by Gasteiger charge is 2.07. The van der Waals surface area contributed by atoms with Crippen LogP contribution >= 0.6 is 0 Å². The van der Waals surface area contributed by atoms with Gasteiger partial charge in [0.2, 0.25) is 0 Å². The third-order valence-electron chi connectivity index (χ3n) is 2.71. The molecule has 0 aliphatic carbocycles. The third kappa shape index (κ3) is 4.46. The minimum absolute atomic E-state index is 0.184. The Hall–Kier alpha value is -1.53. The summed E-state index contributed by atoms with van der Waals surface area (Å²) in [5.41, 5.74) is 7.07. The predicted octanol–water partition coefficient (Wildman–Crippen LogP) is 2.65. The van der Waals surface area contributed by atoms with Crippen LogP contribution in [0.1, 0.15) is 32.3 Å². The van der Waals surface area contributed by atoms with Crippen molar-refractivity contribution in [1.29, 1.82) is 5.26 Å². The standard InChI is InChI=1S/C14H20N2O/c1-3-12(16)8-11-6-5-7-14(9-11)17-13(4-2)10-15/h5-7,9,12-13H,3-4,8,16H2,1-2H3. The first kappa shape index (κ1) is 13.5. The Morgan fingerprint density at radius 3 is 2.71 bits per heavy atom. The lowest BCUT2D eigenvalue weighted by Crippen LogP contribution is -2.21. The molecule has 0 heterocycles. The summed E-state index contributed by atoms with van der Waals surface area (Å²) in [4.78, 5) is 0. The van der Waals surface area contributed by atoms with Crippen LogP contribution in [0.2, 0.25) is 0 Å². The number of hydrogen-bond donors (Lipinski definition) is 1. The Balaban J connectivity index is 2.69. The van der Waals surface area contributed by atoms with Crippen molar-refractivity contribution in [3.8, 4) is 11.8 Å². The van der Waals surface area contributed by atoms with Crippen LogP contribution in [0.5, 0.6) is 5.75 Å². The van der Waals surface area contributed by atoms with Crippen LogP contribution in [-0.4, -0.2) is 12.1 Å². The number of nitrogens with zero attached hydrogens (tertiary/aromatic N) is 1. The zero-order valence-electron chi connectivity index (χ0n) is 10.5. The van der Waals surface area contributed by atoms with Gasteiger partial charge < -0.3 is 10.5 Å². The number of rotatable bonds is 6. The van der Waals surface area contributed by atoms with E-state index < -0.39 is 0 Å². The van der Waals surface area contributed by atoms with E-state index in [9.17, 15) is 0 Å². The average molecular weight is 232 g/mol. The number of nitrogens with two attached hydrogens (primary N) is 1. The normalized spacial score (nSPS) is 13.8.